The van der Waals surface area contributed by atoms with Gasteiger partial charge < -0.3 is 0 Å². The summed E-state index contributed by atoms with van der Waals surface area (Å²) in [6.07, 6.45) is 1.61. The Balaban J connectivity index is 1.62. The summed E-state index contributed by atoms with van der Waals surface area (Å²) in [7, 11) is 0. The van der Waals surface area contributed by atoms with Gasteiger partial charge in [-0.25, -0.2) is 5.43 Å². The lowest BCUT2D eigenvalue weighted by Gasteiger charge is -2.00. The first-order chi connectivity index (χ1) is 11.0. The van der Waals surface area contributed by atoms with Gasteiger partial charge in [-0.15, -0.1) is 23.2 Å². The molecule has 0 spiro atoms. The fourth-order valence-electron chi connectivity index (χ4n) is 2.57. The third-order valence-corrected chi connectivity index (χ3v) is 4.96. The molecule has 3 rings (SSSR count). The molecular weight excluding hydrogens is 331 g/mol. The molecule has 23 heavy (non-hydrogen) atoms. The molecule has 1 fully saturated rings. The van der Waals surface area contributed by atoms with Crippen molar-refractivity contribution in [2.75, 3.05) is 0 Å². The maximum Gasteiger partial charge on any atom is 0.271 e. The summed E-state index contributed by atoms with van der Waals surface area (Å²) in [6, 6.07) is 17.1. The third kappa shape index (κ3) is 3.41. The Morgan fingerprint density at radius 2 is 1.78 bits per heavy atom. The van der Waals surface area contributed by atoms with Gasteiger partial charge in [0, 0.05) is 23.6 Å². The number of nitrogens with zero attached hydrogens (tertiary/aromatic N) is 1. The largest absolute Gasteiger partial charge is 0.271 e. The molecule has 0 aromatic heterocycles. The van der Waals surface area contributed by atoms with Crippen molar-refractivity contribution >= 4 is 35.3 Å². The van der Waals surface area contributed by atoms with Crippen LogP contribution in [0, 0.1) is 12.8 Å². The minimum atomic E-state index is -0.876. The second-order valence-corrected chi connectivity index (χ2v) is 7.12. The van der Waals surface area contributed by atoms with Crippen molar-refractivity contribution in [1.82, 2.24) is 5.43 Å². The number of amides is 1. The summed E-state index contributed by atoms with van der Waals surface area (Å²) in [6.45, 7) is 1.97. The van der Waals surface area contributed by atoms with Crippen LogP contribution >= 0.6 is 23.2 Å². The topological polar surface area (TPSA) is 41.5 Å². The van der Waals surface area contributed by atoms with Crippen LogP contribution in [-0.2, 0) is 0 Å². The molecule has 0 aliphatic heterocycles. The van der Waals surface area contributed by atoms with E-state index < -0.39 is 4.33 Å². The lowest BCUT2D eigenvalue weighted by molar-refractivity contribution is 0.0955. The number of hydrogen-bond acceptors (Lipinski definition) is 2. The SMILES string of the molecule is Cc1ccc(C(=O)NN=CC2C(c3ccccc3)C2(Cl)Cl)cc1. The van der Waals surface area contributed by atoms with Crippen molar-refractivity contribution in [2.24, 2.45) is 11.0 Å². The van der Waals surface area contributed by atoms with Crippen molar-refractivity contribution < 1.29 is 4.79 Å². The molecule has 1 aliphatic carbocycles. The van der Waals surface area contributed by atoms with Gasteiger partial charge in [0.15, 0.2) is 0 Å². The number of nitrogens with one attached hydrogen (secondary N) is 1. The lowest BCUT2D eigenvalue weighted by Crippen LogP contribution is -2.17. The van der Waals surface area contributed by atoms with Gasteiger partial charge in [0.1, 0.15) is 4.33 Å². The van der Waals surface area contributed by atoms with Gasteiger partial charge in [0.2, 0.25) is 0 Å². The number of halogens is 2. The Labute approximate surface area is 145 Å². The van der Waals surface area contributed by atoms with Crippen LogP contribution in [0.15, 0.2) is 59.7 Å². The summed E-state index contributed by atoms with van der Waals surface area (Å²) >= 11 is 12.6. The van der Waals surface area contributed by atoms with Gasteiger partial charge in [-0.2, -0.15) is 5.10 Å². The van der Waals surface area contributed by atoms with Gasteiger partial charge in [-0.05, 0) is 24.6 Å². The van der Waals surface area contributed by atoms with E-state index in [0.29, 0.717) is 5.56 Å². The maximum absolute atomic E-state index is 12.0. The lowest BCUT2D eigenvalue weighted by atomic mass is 10.1. The van der Waals surface area contributed by atoms with Crippen LogP contribution in [0.2, 0.25) is 0 Å². The second kappa shape index (κ2) is 6.34. The zero-order valence-electron chi connectivity index (χ0n) is 12.5. The first-order valence-corrected chi connectivity index (χ1v) is 8.08. The Bertz CT molecular complexity index is 726. The van der Waals surface area contributed by atoms with Crippen LogP contribution in [-0.4, -0.2) is 16.5 Å². The summed E-state index contributed by atoms with van der Waals surface area (Å²) in [5.41, 5.74) is 5.24. The Morgan fingerprint density at radius 3 is 2.43 bits per heavy atom. The minimum absolute atomic E-state index is 0.00735. The number of rotatable bonds is 4. The molecule has 0 heterocycles. The normalized spacial score (nSPS) is 22.0. The van der Waals surface area contributed by atoms with E-state index >= 15 is 0 Å². The van der Waals surface area contributed by atoms with Crippen molar-refractivity contribution in [3.8, 4) is 0 Å². The first-order valence-electron chi connectivity index (χ1n) is 7.33. The number of alkyl halides is 2. The van der Waals surface area contributed by atoms with Crippen molar-refractivity contribution in [3.63, 3.8) is 0 Å². The number of carbonyl (C=O) groups is 1. The van der Waals surface area contributed by atoms with E-state index in [1.165, 1.54) is 0 Å². The van der Waals surface area contributed by atoms with Crippen LogP contribution in [0.3, 0.4) is 0 Å². The molecule has 0 radical (unpaired) electrons. The number of hydrogen-bond donors (Lipinski definition) is 1. The Kier molecular flexibility index (Phi) is 4.42. The molecule has 3 nitrogen and oxygen atoms in total. The highest BCUT2D eigenvalue weighted by atomic mass is 35.5. The predicted molar refractivity (Wildman–Crippen MR) is 94.2 cm³/mol. The molecule has 118 valence electrons. The van der Waals surface area contributed by atoms with Crippen molar-refractivity contribution in [1.29, 1.82) is 0 Å². The fourth-order valence-corrected chi connectivity index (χ4v) is 3.33. The van der Waals surface area contributed by atoms with Gasteiger partial charge in [0.05, 0.1) is 0 Å². The zero-order chi connectivity index (χ0) is 16.4. The summed E-state index contributed by atoms with van der Waals surface area (Å²) in [5, 5.41) is 4.01. The molecule has 1 amide bonds. The van der Waals surface area contributed by atoms with Crippen LogP contribution in [0.1, 0.15) is 27.4 Å². The van der Waals surface area contributed by atoms with Crippen LogP contribution in [0.4, 0.5) is 0 Å². The van der Waals surface area contributed by atoms with E-state index in [-0.39, 0.29) is 17.7 Å². The highest BCUT2D eigenvalue weighted by molar-refractivity contribution is 6.53. The number of carbonyl (C=O) groups excluding carboxylic acids is 1. The minimum Gasteiger partial charge on any atom is -0.267 e. The van der Waals surface area contributed by atoms with E-state index in [1.54, 1.807) is 18.3 Å². The summed E-state index contributed by atoms with van der Waals surface area (Å²) in [5.74, 6) is -0.383. The van der Waals surface area contributed by atoms with Gasteiger partial charge in [-0.3, -0.25) is 4.79 Å². The van der Waals surface area contributed by atoms with Gasteiger partial charge >= 0.3 is 0 Å². The Hall–Kier alpha value is -1.84. The maximum atomic E-state index is 12.0. The van der Waals surface area contributed by atoms with E-state index in [2.05, 4.69) is 10.5 Å². The van der Waals surface area contributed by atoms with Crippen LogP contribution in [0.25, 0.3) is 0 Å². The zero-order valence-corrected chi connectivity index (χ0v) is 14.1. The molecule has 5 heteroatoms. The molecule has 0 bridgehead atoms. The quantitative estimate of drug-likeness (QED) is 0.500. The van der Waals surface area contributed by atoms with E-state index in [9.17, 15) is 4.79 Å². The monoisotopic (exact) mass is 346 g/mol. The molecule has 1 saturated carbocycles. The highest BCUT2D eigenvalue weighted by Gasteiger charge is 2.63. The average Bonchev–Trinajstić information content (AvgIpc) is 3.09. The first kappa shape index (κ1) is 16.0. The van der Waals surface area contributed by atoms with Crippen molar-refractivity contribution in [3.05, 3.63) is 71.3 Å². The molecular formula is C18H16Cl2N2O. The summed E-state index contributed by atoms with van der Waals surface area (Å²) < 4.78 is -0.876. The van der Waals surface area contributed by atoms with Crippen LogP contribution < -0.4 is 5.43 Å². The predicted octanol–water partition coefficient (Wildman–Crippen LogP) is 4.30. The van der Waals surface area contributed by atoms with Gasteiger partial charge in [-0.1, -0.05) is 48.0 Å². The molecule has 1 aliphatic rings. The second-order valence-electron chi connectivity index (χ2n) is 5.67. The molecule has 1 N–H and O–H groups in total. The number of aryl methyl sites for hydroxylation is 1. The smallest absolute Gasteiger partial charge is 0.267 e. The Morgan fingerprint density at radius 1 is 1.13 bits per heavy atom. The number of benzene rings is 2. The van der Waals surface area contributed by atoms with Crippen molar-refractivity contribution in [2.45, 2.75) is 17.2 Å². The van der Waals surface area contributed by atoms with E-state index in [0.717, 1.165) is 11.1 Å². The number of hydrazone groups is 1. The summed E-state index contributed by atoms with van der Waals surface area (Å²) in [4.78, 5) is 12.0. The van der Waals surface area contributed by atoms with E-state index in [1.807, 2.05) is 49.4 Å². The average molecular weight is 347 g/mol. The van der Waals surface area contributed by atoms with Gasteiger partial charge in [0.25, 0.3) is 5.91 Å². The molecule has 2 unspecified atom stereocenters. The molecule has 2 aromatic rings. The molecule has 2 aromatic carbocycles. The standard InChI is InChI=1S/C18H16Cl2N2O/c1-12-7-9-14(10-8-12)17(23)22-21-11-15-16(18(15,19)20)13-5-3-2-4-6-13/h2-11,15-16H,1H3,(H,22,23). The highest BCUT2D eigenvalue weighted by Crippen LogP contribution is 2.63. The molecule has 2 atom stereocenters. The fraction of sp³-hybridized carbons (Fsp3) is 0.222. The van der Waals surface area contributed by atoms with Crippen LogP contribution in [0.5, 0.6) is 0 Å². The molecule has 0 saturated heterocycles. The third-order valence-electron chi connectivity index (χ3n) is 3.98. The van der Waals surface area contributed by atoms with E-state index in [4.69, 9.17) is 23.2 Å².